The van der Waals surface area contributed by atoms with Crippen molar-refractivity contribution in [2.75, 3.05) is 20.1 Å². The Hall–Kier alpha value is -1.10. The monoisotopic (exact) mass is 257 g/mol. The summed E-state index contributed by atoms with van der Waals surface area (Å²) in [5.74, 6) is -0.0493. The van der Waals surface area contributed by atoms with Gasteiger partial charge in [-0.05, 0) is 26.7 Å². The largest absolute Gasteiger partial charge is 0.359 e. The van der Waals surface area contributed by atoms with E-state index < -0.39 is 5.41 Å². The molecule has 0 aromatic heterocycles. The first-order chi connectivity index (χ1) is 8.37. The van der Waals surface area contributed by atoms with Gasteiger partial charge in [0.2, 0.25) is 11.8 Å². The van der Waals surface area contributed by atoms with Crippen LogP contribution in [-0.2, 0) is 9.59 Å². The fourth-order valence-corrected chi connectivity index (χ4v) is 1.68. The van der Waals surface area contributed by atoms with Gasteiger partial charge in [-0.2, -0.15) is 0 Å². The van der Waals surface area contributed by atoms with E-state index in [2.05, 4.69) is 29.8 Å². The van der Waals surface area contributed by atoms with E-state index in [0.717, 1.165) is 12.8 Å². The maximum atomic E-state index is 11.6. The zero-order valence-electron chi connectivity index (χ0n) is 12.2. The zero-order chi connectivity index (χ0) is 14.2. The Bertz CT molecular complexity index is 273. The third-order valence-corrected chi connectivity index (χ3v) is 3.04. The highest BCUT2D eigenvalue weighted by Crippen LogP contribution is 2.12. The number of nitrogens with one attached hydrogen (secondary N) is 3. The number of amides is 2. The lowest BCUT2D eigenvalue weighted by atomic mass is 9.92. The Kier molecular flexibility index (Phi) is 7.59. The molecule has 0 aliphatic rings. The Balaban J connectivity index is 3.97. The van der Waals surface area contributed by atoms with Crippen LogP contribution in [0.3, 0.4) is 0 Å². The molecule has 0 aromatic rings. The van der Waals surface area contributed by atoms with Crippen molar-refractivity contribution >= 4 is 11.8 Å². The van der Waals surface area contributed by atoms with Crippen molar-refractivity contribution < 1.29 is 9.59 Å². The van der Waals surface area contributed by atoms with Gasteiger partial charge in [0.25, 0.3) is 0 Å². The van der Waals surface area contributed by atoms with Gasteiger partial charge in [0.1, 0.15) is 0 Å². The molecule has 0 aromatic carbocycles. The van der Waals surface area contributed by atoms with E-state index in [0.29, 0.717) is 6.54 Å². The molecule has 0 heterocycles. The lowest BCUT2D eigenvalue weighted by Crippen LogP contribution is -2.46. The molecular formula is C13H27N3O2. The van der Waals surface area contributed by atoms with Gasteiger partial charge in [-0.25, -0.2) is 0 Å². The second-order valence-corrected chi connectivity index (χ2v) is 5.15. The Morgan fingerprint density at radius 1 is 1.17 bits per heavy atom. The minimum atomic E-state index is -0.510. The van der Waals surface area contributed by atoms with Crippen LogP contribution in [0, 0.1) is 5.41 Å². The number of hydrogen-bond acceptors (Lipinski definition) is 3. The zero-order valence-corrected chi connectivity index (χ0v) is 12.2. The van der Waals surface area contributed by atoms with Gasteiger partial charge in [0, 0.05) is 19.6 Å². The Morgan fingerprint density at radius 3 is 2.17 bits per heavy atom. The highest BCUT2D eigenvalue weighted by molar-refractivity contribution is 5.82. The van der Waals surface area contributed by atoms with E-state index in [9.17, 15) is 9.59 Å². The van der Waals surface area contributed by atoms with Gasteiger partial charge in [-0.15, -0.1) is 0 Å². The summed E-state index contributed by atoms with van der Waals surface area (Å²) in [5.41, 5.74) is -0.510. The van der Waals surface area contributed by atoms with E-state index in [1.807, 2.05) is 13.8 Å². The second-order valence-electron chi connectivity index (χ2n) is 5.15. The van der Waals surface area contributed by atoms with E-state index in [-0.39, 0.29) is 24.4 Å². The molecule has 0 aliphatic carbocycles. The predicted molar refractivity (Wildman–Crippen MR) is 73.2 cm³/mol. The molecule has 5 heteroatoms. The lowest BCUT2D eigenvalue weighted by molar-refractivity contribution is -0.129. The molecule has 0 atom stereocenters. The molecule has 0 radical (unpaired) electrons. The highest BCUT2D eigenvalue weighted by Gasteiger charge is 2.26. The molecule has 106 valence electrons. The quantitative estimate of drug-likeness (QED) is 0.598. The minimum absolute atomic E-state index is 0.0172. The van der Waals surface area contributed by atoms with Gasteiger partial charge in [-0.3, -0.25) is 9.59 Å². The minimum Gasteiger partial charge on any atom is -0.359 e. The van der Waals surface area contributed by atoms with E-state index in [1.54, 1.807) is 7.05 Å². The van der Waals surface area contributed by atoms with Crippen LogP contribution in [0.25, 0.3) is 0 Å². The van der Waals surface area contributed by atoms with Crippen LogP contribution in [0.15, 0.2) is 0 Å². The van der Waals surface area contributed by atoms with Crippen molar-refractivity contribution in [3.05, 3.63) is 0 Å². The normalized spacial score (nSPS) is 11.4. The summed E-state index contributed by atoms with van der Waals surface area (Å²) in [4.78, 5) is 23.2. The fourth-order valence-electron chi connectivity index (χ4n) is 1.68. The highest BCUT2D eigenvalue weighted by atomic mass is 16.2. The van der Waals surface area contributed by atoms with Crippen molar-refractivity contribution in [1.29, 1.82) is 0 Å². The van der Waals surface area contributed by atoms with E-state index in [4.69, 9.17) is 0 Å². The van der Waals surface area contributed by atoms with Gasteiger partial charge in [-0.1, -0.05) is 13.8 Å². The number of rotatable bonds is 8. The molecule has 5 nitrogen and oxygen atoms in total. The molecule has 0 spiro atoms. The van der Waals surface area contributed by atoms with Gasteiger partial charge < -0.3 is 16.0 Å². The lowest BCUT2D eigenvalue weighted by Gasteiger charge is -2.23. The average molecular weight is 257 g/mol. The molecule has 2 amide bonds. The van der Waals surface area contributed by atoms with Crippen LogP contribution in [-0.4, -0.2) is 38.0 Å². The molecule has 0 unspecified atom stereocenters. The molecule has 0 aliphatic heterocycles. The van der Waals surface area contributed by atoms with E-state index in [1.165, 1.54) is 0 Å². The summed E-state index contributed by atoms with van der Waals surface area (Å²) in [5, 5.41) is 8.58. The summed E-state index contributed by atoms with van der Waals surface area (Å²) in [6.45, 7) is 8.52. The molecule has 0 saturated carbocycles. The van der Waals surface area contributed by atoms with Crippen LogP contribution in [0.4, 0.5) is 0 Å². The van der Waals surface area contributed by atoms with Crippen LogP contribution >= 0.6 is 0 Å². The maximum Gasteiger partial charge on any atom is 0.234 e. The van der Waals surface area contributed by atoms with Crippen molar-refractivity contribution in [2.45, 2.75) is 46.6 Å². The van der Waals surface area contributed by atoms with Crippen LogP contribution < -0.4 is 16.0 Å². The number of hydrogen-bond donors (Lipinski definition) is 3. The predicted octanol–water partition coefficient (Wildman–Crippen LogP) is 0.653. The number of carbonyl (C=O) groups excluding carboxylic acids is 2. The summed E-state index contributed by atoms with van der Waals surface area (Å²) >= 11 is 0. The van der Waals surface area contributed by atoms with Crippen molar-refractivity contribution in [3.8, 4) is 0 Å². The first-order valence-electron chi connectivity index (χ1n) is 6.59. The van der Waals surface area contributed by atoms with Crippen LogP contribution in [0.1, 0.15) is 40.5 Å². The van der Waals surface area contributed by atoms with Crippen LogP contribution in [0.2, 0.25) is 0 Å². The SMILES string of the molecule is CCC(CC)NC(=O)CNCC(C)(C)C(=O)NC. The van der Waals surface area contributed by atoms with Crippen molar-refractivity contribution in [2.24, 2.45) is 5.41 Å². The molecule has 0 rings (SSSR count). The van der Waals surface area contributed by atoms with Gasteiger partial charge in [0.15, 0.2) is 0 Å². The molecule has 0 fully saturated rings. The molecule has 3 N–H and O–H groups in total. The first-order valence-corrected chi connectivity index (χ1v) is 6.59. The molecular weight excluding hydrogens is 230 g/mol. The van der Waals surface area contributed by atoms with E-state index >= 15 is 0 Å². The van der Waals surface area contributed by atoms with Gasteiger partial charge in [0.05, 0.1) is 12.0 Å². The maximum absolute atomic E-state index is 11.6. The van der Waals surface area contributed by atoms with Crippen molar-refractivity contribution in [1.82, 2.24) is 16.0 Å². The number of carbonyl (C=O) groups is 2. The summed E-state index contributed by atoms with van der Waals surface area (Å²) in [6, 6.07) is 0.242. The first kappa shape index (κ1) is 16.9. The summed E-state index contributed by atoms with van der Waals surface area (Å²) < 4.78 is 0. The molecule has 0 saturated heterocycles. The fraction of sp³-hybridized carbons (Fsp3) is 0.846. The second kappa shape index (κ2) is 8.08. The third-order valence-electron chi connectivity index (χ3n) is 3.04. The molecule has 0 bridgehead atoms. The summed E-state index contributed by atoms with van der Waals surface area (Å²) in [6.07, 6.45) is 1.87. The molecule has 18 heavy (non-hydrogen) atoms. The summed E-state index contributed by atoms with van der Waals surface area (Å²) in [7, 11) is 1.61. The topological polar surface area (TPSA) is 70.2 Å². The smallest absolute Gasteiger partial charge is 0.234 e. The van der Waals surface area contributed by atoms with Crippen LogP contribution in [0.5, 0.6) is 0 Å². The standard InChI is InChI=1S/C13H27N3O2/c1-6-10(7-2)16-11(17)8-15-9-13(3,4)12(18)14-5/h10,15H,6-9H2,1-5H3,(H,14,18)(H,16,17). The average Bonchev–Trinajstić information content (AvgIpc) is 2.34. The Morgan fingerprint density at radius 2 is 1.72 bits per heavy atom. The Labute approximate surface area is 110 Å². The third kappa shape index (κ3) is 6.00. The van der Waals surface area contributed by atoms with Gasteiger partial charge >= 0.3 is 0 Å². The van der Waals surface area contributed by atoms with Crippen molar-refractivity contribution in [3.63, 3.8) is 0 Å².